The third-order valence-electron chi connectivity index (χ3n) is 3.87. The summed E-state index contributed by atoms with van der Waals surface area (Å²) in [6.07, 6.45) is 4.33. The van der Waals surface area contributed by atoms with E-state index in [1.165, 1.54) is 5.56 Å². The van der Waals surface area contributed by atoms with E-state index in [-0.39, 0.29) is 5.54 Å². The van der Waals surface area contributed by atoms with Gasteiger partial charge in [-0.05, 0) is 38.8 Å². The molecule has 0 saturated carbocycles. The van der Waals surface area contributed by atoms with Gasteiger partial charge in [-0.1, -0.05) is 30.3 Å². The van der Waals surface area contributed by atoms with Crippen molar-refractivity contribution < 1.29 is 4.79 Å². The molecule has 2 atom stereocenters. The molecule has 1 aliphatic heterocycles. The highest BCUT2D eigenvalue weighted by molar-refractivity contribution is 5.63. The second kappa shape index (κ2) is 4.38. The standard InChI is InChI=1S/C14H19NO/c1-14(11-16)10-6-9-13(15(14)2)12-7-4-3-5-8-12/h3-5,7-8,11,13H,6,9-10H2,1-2H3. The lowest BCUT2D eigenvalue weighted by atomic mass is 9.84. The average Bonchev–Trinajstić information content (AvgIpc) is 2.34. The van der Waals surface area contributed by atoms with E-state index in [1.54, 1.807) is 0 Å². The van der Waals surface area contributed by atoms with Crippen LogP contribution in [0.4, 0.5) is 0 Å². The van der Waals surface area contributed by atoms with Crippen LogP contribution in [0.25, 0.3) is 0 Å². The summed E-state index contributed by atoms with van der Waals surface area (Å²) in [7, 11) is 2.06. The lowest BCUT2D eigenvalue weighted by Crippen LogP contribution is -2.49. The first-order valence-electron chi connectivity index (χ1n) is 5.91. The van der Waals surface area contributed by atoms with Gasteiger partial charge in [-0.2, -0.15) is 0 Å². The van der Waals surface area contributed by atoms with Crippen molar-refractivity contribution in [2.24, 2.45) is 0 Å². The Morgan fingerprint density at radius 2 is 2.06 bits per heavy atom. The van der Waals surface area contributed by atoms with Gasteiger partial charge in [0.2, 0.25) is 0 Å². The Bertz CT molecular complexity index is 362. The number of carbonyl (C=O) groups excluding carboxylic acids is 1. The number of hydrogen-bond acceptors (Lipinski definition) is 2. The lowest BCUT2D eigenvalue weighted by molar-refractivity contribution is -0.120. The molecular formula is C14H19NO. The summed E-state index contributed by atoms with van der Waals surface area (Å²) < 4.78 is 0. The van der Waals surface area contributed by atoms with Gasteiger partial charge in [0.05, 0.1) is 5.54 Å². The number of aldehydes is 1. The summed E-state index contributed by atoms with van der Waals surface area (Å²) in [5.74, 6) is 0. The zero-order chi connectivity index (χ0) is 11.6. The van der Waals surface area contributed by atoms with Crippen LogP contribution in [0, 0.1) is 0 Å². The van der Waals surface area contributed by atoms with Gasteiger partial charge in [0, 0.05) is 6.04 Å². The van der Waals surface area contributed by atoms with Crippen LogP contribution in [0.1, 0.15) is 37.8 Å². The number of hydrogen-bond donors (Lipinski definition) is 0. The van der Waals surface area contributed by atoms with Gasteiger partial charge in [0.25, 0.3) is 0 Å². The molecule has 2 nitrogen and oxygen atoms in total. The molecule has 0 spiro atoms. The number of benzene rings is 1. The molecule has 0 aliphatic carbocycles. The first-order valence-corrected chi connectivity index (χ1v) is 5.91. The van der Waals surface area contributed by atoms with Gasteiger partial charge in [-0.25, -0.2) is 0 Å². The predicted molar refractivity (Wildman–Crippen MR) is 65.3 cm³/mol. The van der Waals surface area contributed by atoms with Crippen molar-refractivity contribution in [3.63, 3.8) is 0 Å². The Kier molecular flexibility index (Phi) is 3.10. The first-order chi connectivity index (χ1) is 7.67. The summed E-state index contributed by atoms with van der Waals surface area (Å²) in [6.45, 7) is 2.04. The second-order valence-corrected chi connectivity index (χ2v) is 4.90. The molecule has 0 radical (unpaired) electrons. The first kappa shape index (κ1) is 11.3. The minimum absolute atomic E-state index is 0.293. The fraction of sp³-hybridized carbons (Fsp3) is 0.500. The molecule has 1 aromatic rings. The minimum atomic E-state index is -0.293. The third-order valence-corrected chi connectivity index (χ3v) is 3.87. The monoisotopic (exact) mass is 217 g/mol. The predicted octanol–water partition coefficient (Wildman–Crippen LogP) is 2.80. The van der Waals surface area contributed by atoms with E-state index in [2.05, 4.69) is 36.2 Å². The van der Waals surface area contributed by atoms with Crippen LogP contribution in [0.2, 0.25) is 0 Å². The number of piperidine rings is 1. The van der Waals surface area contributed by atoms with Crippen molar-refractivity contribution in [3.8, 4) is 0 Å². The van der Waals surface area contributed by atoms with Crippen molar-refractivity contribution in [3.05, 3.63) is 35.9 Å². The number of likely N-dealkylation sites (tertiary alicyclic amines) is 1. The average molecular weight is 217 g/mol. The molecule has 1 saturated heterocycles. The molecule has 16 heavy (non-hydrogen) atoms. The minimum Gasteiger partial charge on any atom is -0.301 e. The van der Waals surface area contributed by atoms with Crippen LogP contribution in [0.3, 0.4) is 0 Å². The summed E-state index contributed by atoms with van der Waals surface area (Å²) in [4.78, 5) is 13.4. The summed E-state index contributed by atoms with van der Waals surface area (Å²) in [5.41, 5.74) is 1.02. The van der Waals surface area contributed by atoms with Gasteiger partial charge >= 0.3 is 0 Å². The smallest absolute Gasteiger partial charge is 0.139 e. The fourth-order valence-corrected chi connectivity index (χ4v) is 2.59. The molecule has 0 bridgehead atoms. The molecular weight excluding hydrogens is 198 g/mol. The fourth-order valence-electron chi connectivity index (χ4n) is 2.59. The van der Waals surface area contributed by atoms with Gasteiger partial charge in [0.15, 0.2) is 0 Å². The second-order valence-electron chi connectivity index (χ2n) is 4.90. The SMILES string of the molecule is CN1C(c2ccccc2)CCCC1(C)C=O. The Balaban J connectivity index is 2.26. The van der Waals surface area contributed by atoms with Gasteiger partial charge in [0.1, 0.15) is 6.29 Å². The molecule has 1 fully saturated rings. The molecule has 1 aromatic carbocycles. The van der Waals surface area contributed by atoms with Crippen LogP contribution in [-0.2, 0) is 4.79 Å². The number of likely N-dealkylation sites (N-methyl/N-ethyl adjacent to an activating group) is 1. The molecule has 0 aromatic heterocycles. The highest BCUT2D eigenvalue weighted by atomic mass is 16.1. The van der Waals surface area contributed by atoms with Crippen LogP contribution < -0.4 is 0 Å². The van der Waals surface area contributed by atoms with Gasteiger partial charge in [-0.15, -0.1) is 0 Å². The molecule has 2 rings (SSSR count). The molecule has 1 heterocycles. The van der Waals surface area contributed by atoms with Crippen molar-refractivity contribution in [1.29, 1.82) is 0 Å². The maximum absolute atomic E-state index is 11.2. The van der Waals surface area contributed by atoms with Gasteiger partial charge in [-0.3, -0.25) is 4.90 Å². The highest BCUT2D eigenvalue weighted by Gasteiger charge is 2.37. The molecule has 86 valence electrons. The van der Waals surface area contributed by atoms with Crippen molar-refractivity contribution >= 4 is 6.29 Å². The Morgan fingerprint density at radius 1 is 1.38 bits per heavy atom. The zero-order valence-electron chi connectivity index (χ0n) is 10.0. The van der Waals surface area contributed by atoms with Crippen LogP contribution in [0.5, 0.6) is 0 Å². The van der Waals surface area contributed by atoms with Crippen LogP contribution >= 0.6 is 0 Å². The molecule has 2 heteroatoms. The summed E-state index contributed by atoms with van der Waals surface area (Å²) in [6, 6.07) is 10.8. The topological polar surface area (TPSA) is 20.3 Å². The quantitative estimate of drug-likeness (QED) is 0.710. The van der Waals surface area contributed by atoms with Gasteiger partial charge < -0.3 is 4.79 Å². The van der Waals surface area contributed by atoms with E-state index < -0.39 is 0 Å². The molecule has 2 unspecified atom stereocenters. The summed E-state index contributed by atoms with van der Waals surface area (Å²) >= 11 is 0. The zero-order valence-corrected chi connectivity index (χ0v) is 10.0. The van der Waals surface area contributed by atoms with E-state index in [0.717, 1.165) is 25.5 Å². The lowest BCUT2D eigenvalue weighted by Gasteiger charge is -2.44. The number of carbonyl (C=O) groups is 1. The third kappa shape index (κ3) is 1.90. The van der Waals surface area contributed by atoms with E-state index in [0.29, 0.717) is 6.04 Å². The number of rotatable bonds is 2. The van der Waals surface area contributed by atoms with E-state index in [9.17, 15) is 4.79 Å². The maximum Gasteiger partial charge on any atom is 0.139 e. The van der Waals surface area contributed by atoms with Crippen LogP contribution in [0.15, 0.2) is 30.3 Å². The molecule has 0 amide bonds. The molecule has 1 aliphatic rings. The Hall–Kier alpha value is -1.15. The number of nitrogens with zero attached hydrogens (tertiary/aromatic N) is 1. The maximum atomic E-state index is 11.2. The van der Waals surface area contributed by atoms with Crippen molar-refractivity contribution in [2.75, 3.05) is 7.05 Å². The highest BCUT2D eigenvalue weighted by Crippen LogP contribution is 2.37. The van der Waals surface area contributed by atoms with E-state index in [1.807, 2.05) is 13.0 Å². The largest absolute Gasteiger partial charge is 0.301 e. The normalized spacial score (nSPS) is 31.2. The Morgan fingerprint density at radius 3 is 2.69 bits per heavy atom. The van der Waals surface area contributed by atoms with E-state index >= 15 is 0 Å². The van der Waals surface area contributed by atoms with Crippen molar-refractivity contribution in [1.82, 2.24) is 4.90 Å². The molecule has 0 N–H and O–H groups in total. The Labute approximate surface area is 97.3 Å². The van der Waals surface area contributed by atoms with Crippen LogP contribution in [-0.4, -0.2) is 23.8 Å². The summed E-state index contributed by atoms with van der Waals surface area (Å²) in [5, 5.41) is 0. The van der Waals surface area contributed by atoms with Crippen molar-refractivity contribution in [2.45, 2.75) is 37.8 Å². The van der Waals surface area contributed by atoms with E-state index in [4.69, 9.17) is 0 Å².